The number of aromatic nitrogens is 2. The summed E-state index contributed by atoms with van der Waals surface area (Å²) in [5, 5.41) is 4.59. The van der Waals surface area contributed by atoms with E-state index in [0.717, 1.165) is 43.5 Å². The highest BCUT2D eigenvalue weighted by atomic mass is 35.5. The highest BCUT2D eigenvalue weighted by Crippen LogP contribution is 2.31. The van der Waals surface area contributed by atoms with Gasteiger partial charge in [0.15, 0.2) is 0 Å². The predicted octanol–water partition coefficient (Wildman–Crippen LogP) is 4.19. The highest BCUT2D eigenvalue weighted by molar-refractivity contribution is 6.31. The van der Waals surface area contributed by atoms with Gasteiger partial charge in [0, 0.05) is 40.8 Å². The van der Waals surface area contributed by atoms with Crippen molar-refractivity contribution in [3.63, 3.8) is 0 Å². The summed E-state index contributed by atoms with van der Waals surface area (Å²) < 4.78 is 10.7. The van der Waals surface area contributed by atoms with Crippen LogP contribution in [-0.4, -0.2) is 66.3 Å². The molecule has 1 aliphatic carbocycles. The summed E-state index contributed by atoms with van der Waals surface area (Å²) in [6.07, 6.45) is 3.70. The number of halogens is 1. The first-order valence-electron chi connectivity index (χ1n) is 11.8. The minimum Gasteiger partial charge on any atom is -0.478 e. The zero-order chi connectivity index (χ0) is 23.7. The van der Waals surface area contributed by atoms with Crippen molar-refractivity contribution in [1.29, 1.82) is 0 Å². The van der Waals surface area contributed by atoms with Crippen LogP contribution in [0.2, 0.25) is 5.02 Å². The number of carbonyl (C=O) groups is 1. The van der Waals surface area contributed by atoms with Crippen LogP contribution in [0.3, 0.4) is 0 Å². The summed E-state index contributed by atoms with van der Waals surface area (Å²) in [5.74, 6) is 1.08. The molecule has 2 aromatic heterocycles. The molecule has 0 unspecified atom stereocenters. The summed E-state index contributed by atoms with van der Waals surface area (Å²) in [6, 6.07) is 11.7. The van der Waals surface area contributed by atoms with Crippen molar-refractivity contribution < 1.29 is 14.3 Å². The van der Waals surface area contributed by atoms with Crippen LogP contribution in [-0.2, 0) is 4.74 Å². The Bertz CT molecular complexity index is 1180. The average molecular weight is 481 g/mol. The molecular formula is C26H29ClN4O3. The predicted molar refractivity (Wildman–Crippen MR) is 132 cm³/mol. The number of benzene rings is 1. The molecule has 2 aliphatic rings. The van der Waals surface area contributed by atoms with Gasteiger partial charge in [0.25, 0.3) is 5.91 Å². The molecule has 1 N–H and O–H groups in total. The van der Waals surface area contributed by atoms with Crippen molar-refractivity contribution in [3.05, 3.63) is 53.2 Å². The molecule has 1 saturated heterocycles. The van der Waals surface area contributed by atoms with E-state index in [1.54, 1.807) is 18.3 Å². The molecular weight excluding hydrogens is 452 g/mol. The molecule has 1 aromatic carbocycles. The van der Waals surface area contributed by atoms with Gasteiger partial charge in [-0.15, -0.1) is 0 Å². The van der Waals surface area contributed by atoms with Crippen molar-refractivity contribution in [2.24, 2.45) is 5.92 Å². The SMILES string of the molecule is CCOc1ccc(-c2cc(C(=O)NC3CC(CN(C)C4COC4)C3)c3ccc(Cl)cc3n2)cn1. The molecule has 1 aliphatic heterocycles. The summed E-state index contributed by atoms with van der Waals surface area (Å²) in [6.45, 7) is 5.17. The molecule has 7 nitrogen and oxygen atoms in total. The number of rotatable bonds is 8. The molecule has 178 valence electrons. The van der Waals surface area contributed by atoms with E-state index in [-0.39, 0.29) is 11.9 Å². The molecule has 3 heterocycles. The topological polar surface area (TPSA) is 76.6 Å². The molecule has 2 fully saturated rings. The average Bonchev–Trinajstić information content (AvgIpc) is 2.76. The maximum absolute atomic E-state index is 13.3. The summed E-state index contributed by atoms with van der Waals surface area (Å²) in [7, 11) is 2.16. The van der Waals surface area contributed by atoms with Crippen LogP contribution in [0.4, 0.5) is 0 Å². The van der Waals surface area contributed by atoms with Gasteiger partial charge in [-0.05, 0) is 57.0 Å². The number of likely N-dealkylation sites (N-methyl/N-ethyl adjacent to an activating group) is 1. The second kappa shape index (κ2) is 9.86. The lowest BCUT2D eigenvalue weighted by Crippen LogP contribution is -2.52. The van der Waals surface area contributed by atoms with Crippen LogP contribution in [0.5, 0.6) is 5.88 Å². The third kappa shape index (κ3) is 4.87. The Morgan fingerprint density at radius 2 is 2.06 bits per heavy atom. The van der Waals surface area contributed by atoms with Gasteiger partial charge in [-0.25, -0.2) is 9.97 Å². The van der Waals surface area contributed by atoms with Gasteiger partial charge in [-0.1, -0.05) is 17.7 Å². The number of carbonyl (C=O) groups excluding carboxylic acids is 1. The summed E-state index contributed by atoms with van der Waals surface area (Å²) in [4.78, 5) is 24.8. The van der Waals surface area contributed by atoms with Gasteiger partial charge in [0.2, 0.25) is 5.88 Å². The number of nitrogens with one attached hydrogen (secondary N) is 1. The van der Waals surface area contributed by atoms with Crippen LogP contribution in [0.25, 0.3) is 22.2 Å². The summed E-state index contributed by atoms with van der Waals surface area (Å²) >= 11 is 6.23. The number of nitrogens with zero attached hydrogens (tertiary/aromatic N) is 3. The molecule has 0 radical (unpaired) electrons. The Morgan fingerprint density at radius 1 is 1.24 bits per heavy atom. The zero-order valence-electron chi connectivity index (χ0n) is 19.5. The van der Waals surface area contributed by atoms with Gasteiger partial charge in [0.05, 0.1) is 42.6 Å². The Kier molecular flexibility index (Phi) is 6.68. The Morgan fingerprint density at radius 3 is 2.74 bits per heavy atom. The fraction of sp³-hybridized carbons (Fsp3) is 0.423. The van der Waals surface area contributed by atoms with Crippen molar-refractivity contribution >= 4 is 28.4 Å². The maximum Gasteiger partial charge on any atom is 0.252 e. The van der Waals surface area contributed by atoms with Gasteiger partial charge in [0.1, 0.15) is 0 Å². The molecule has 0 atom stereocenters. The number of ether oxygens (including phenoxy) is 2. The van der Waals surface area contributed by atoms with E-state index >= 15 is 0 Å². The Hall–Kier alpha value is -2.74. The highest BCUT2D eigenvalue weighted by Gasteiger charge is 2.34. The van der Waals surface area contributed by atoms with Crippen molar-refractivity contribution in [2.75, 3.05) is 33.4 Å². The lowest BCUT2D eigenvalue weighted by molar-refractivity contribution is -0.0637. The van der Waals surface area contributed by atoms with Crippen LogP contribution >= 0.6 is 11.6 Å². The fourth-order valence-electron chi connectivity index (χ4n) is 4.60. The summed E-state index contributed by atoms with van der Waals surface area (Å²) in [5.41, 5.74) is 2.76. The first-order valence-corrected chi connectivity index (χ1v) is 12.2. The quantitative estimate of drug-likeness (QED) is 0.521. The number of amides is 1. The van der Waals surface area contributed by atoms with Gasteiger partial charge in [-0.3, -0.25) is 9.69 Å². The smallest absolute Gasteiger partial charge is 0.252 e. The van der Waals surface area contributed by atoms with E-state index in [2.05, 4.69) is 22.2 Å². The third-order valence-corrected chi connectivity index (χ3v) is 6.94. The molecule has 3 aromatic rings. The first-order chi connectivity index (χ1) is 16.5. The van der Waals surface area contributed by atoms with Crippen LogP contribution < -0.4 is 10.1 Å². The van der Waals surface area contributed by atoms with Gasteiger partial charge in [-0.2, -0.15) is 0 Å². The number of hydrogen-bond acceptors (Lipinski definition) is 6. The Labute approximate surface area is 204 Å². The van der Waals surface area contributed by atoms with Crippen LogP contribution in [0.1, 0.15) is 30.1 Å². The van der Waals surface area contributed by atoms with Crippen LogP contribution in [0, 0.1) is 5.92 Å². The van der Waals surface area contributed by atoms with E-state index in [1.165, 1.54) is 0 Å². The molecule has 0 bridgehead atoms. The van der Waals surface area contributed by atoms with E-state index < -0.39 is 0 Å². The number of fused-ring (bicyclic) bond motifs is 1. The monoisotopic (exact) mass is 480 g/mol. The van der Waals surface area contributed by atoms with Crippen LogP contribution in [0.15, 0.2) is 42.6 Å². The van der Waals surface area contributed by atoms with Crippen molar-refractivity contribution in [2.45, 2.75) is 31.8 Å². The molecule has 1 saturated carbocycles. The molecule has 5 rings (SSSR count). The van der Waals surface area contributed by atoms with E-state index in [9.17, 15) is 4.79 Å². The molecule has 8 heteroatoms. The van der Waals surface area contributed by atoms with Crippen molar-refractivity contribution in [3.8, 4) is 17.1 Å². The van der Waals surface area contributed by atoms with Crippen molar-refractivity contribution in [1.82, 2.24) is 20.2 Å². The van der Waals surface area contributed by atoms with E-state index in [4.69, 9.17) is 26.1 Å². The molecule has 34 heavy (non-hydrogen) atoms. The molecule has 0 spiro atoms. The minimum atomic E-state index is -0.0842. The number of hydrogen-bond donors (Lipinski definition) is 1. The second-order valence-electron chi connectivity index (χ2n) is 9.17. The van der Waals surface area contributed by atoms with Gasteiger partial charge < -0.3 is 14.8 Å². The minimum absolute atomic E-state index is 0.0842. The lowest BCUT2D eigenvalue weighted by atomic mass is 9.79. The van der Waals surface area contributed by atoms with Gasteiger partial charge >= 0.3 is 0 Å². The fourth-order valence-corrected chi connectivity index (χ4v) is 4.77. The molecule has 1 amide bonds. The Balaban J connectivity index is 1.33. The number of pyridine rings is 2. The normalized spacial score (nSPS) is 20.1. The third-order valence-electron chi connectivity index (χ3n) is 6.70. The zero-order valence-corrected chi connectivity index (χ0v) is 20.2. The first kappa shape index (κ1) is 23.0. The largest absolute Gasteiger partial charge is 0.478 e. The van der Waals surface area contributed by atoms with E-state index in [0.29, 0.717) is 46.2 Å². The lowest BCUT2D eigenvalue weighted by Gasteiger charge is -2.42. The second-order valence-corrected chi connectivity index (χ2v) is 9.61. The van der Waals surface area contributed by atoms with E-state index in [1.807, 2.05) is 31.2 Å². The standard InChI is InChI=1S/C26H29ClN4O3/c1-3-34-25-7-4-17(12-28-25)23-11-22(21-6-5-18(27)10-24(21)30-23)26(32)29-19-8-16(9-19)13-31(2)20-14-33-15-20/h4-7,10-12,16,19-20H,3,8-9,13-15H2,1-2H3,(H,29,32). The maximum atomic E-state index is 13.3.